The molecule has 128 valence electrons. The van der Waals surface area contributed by atoms with E-state index in [1.165, 1.54) is 25.1 Å². The summed E-state index contributed by atoms with van der Waals surface area (Å²) in [5.74, 6) is 0.0781. The van der Waals surface area contributed by atoms with Gasteiger partial charge in [0.25, 0.3) is 10.0 Å². The third-order valence-electron chi connectivity index (χ3n) is 2.97. The van der Waals surface area contributed by atoms with Gasteiger partial charge in [-0.05, 0) is 49.4 Å². The third kappa shape index (κ3) is 4.62. The topological polar surface area (TPSA) is 84.5 Å². The summed E-state index contributed by atoms with van der Waals surface area (Å²) in [5, 5.41) is 3.07. The summed E-state index contributed by atoms with van der Waals surface area (Å²) in [6.45, 7) is 3.52. The molecule has 6 nitrogen and oxygen atoms in total. The summed E-state index contributed by atoms with van der Waals surface area (Å²) in [6.07, 6.45) is 0. The van der Waals surface area contributed by atoms with Gasteiger partial charge in [0.15, 0.2) is 0 Å². The second-order valence-electron chi connectivity index (χ2n) is 4.88. The van der Waals surface area contributed by atoms with Gasteiger partial charge in [0.2, 0.25) is 5.91 Å². The van der Waals surface area contributed by atoms with Crippen LogP contribution in [-0.4, -0.2) is 20.9 Å². The molecule has 0 atom stereocenters. The minimum absolute atomic E-state index is 0.00431. The number of anilines is 2. The van der Waals surface area contributed by atoms with E-state index in [9.17, 15) is 13.2 Å². The van der Waals surface area contributed by atoms with E-state index >= 15 is 0 Å². The zero-order valence-corrected chi connectivity index (χ0v) is 14.7. The van der Waals surface area contributed by atoms with Crippen molar-refractivity contribution in [2.24, 2.45) is 0 Å². The highest BCUT2D eigenvalue weighted by Gasteiger charge is 2.17. The Hall–Kier alpha value is -2.25. The molecule has 2 rings (SSSR count). The zero-order valence-electron chi connectivity index (χ0n) is 13.2. The molecular weight excluding hydrogens is 352 g/mol. The minimum Gasteiger partial charge on any atom is -0.492 e. The van der Waals surface area contributed by atoms with Crippen molar-refractivity contribution < 1.29 is 17.9 Å². The number of nitrogens with one attached hydrogen (secondary N) is 2. The Labute approximate surface area is 145 Å². The Morgan fingerprint density at radius 3 is 2.42 bits per heavy atom. The number of hydrogen-bond donors (Lipinski definition) is 2. The largest absolute Gasteiger partial charge is 0.492 e. The van der Waals surface area contributed by atoms with Crippen LogP contribution in [0.5, 0.6) is 5.75 Å². The fourth-order valence-corrected chi connectivity index (χ4v) is 3.19. The maximum Gasteiger partial charge on any atom is 0.261 e. The highest BCUT2D eigenvalue weighted by molar-refractivity contribution is 7.92. The molecule has 0 aromatic heterocycles. The SMILES string of the molecule is CCOc1ccc(S(=O)(=O)Nc2ccc(Cl)cc2)cc1NC(C)=O. The fourth-order valence-electron chi connectivity index (χ4n) is 1.98. The van der Waals surface area contributed by atoms with E-state index in [2.05, 4.69) is 10.0 Å². The highest BCUT2D eigenvalue weighted by atomic mass is 35.5. The van der Waals surface area contributed by atoms with Gasteiger partial charge in [0, 0.05) is 17.6 Å². The number of sulfonamides is 1. The minimum atomic E-state index is -3.82. The van der Waals surface area contributed by atoms with Crippen LogP contribution in [-0.2, 0) is 14.8 Å². The number of benzene rings is 2. The molecule has 0 aliphatic carbocycles. The molecule has 0 bridgehead atoms. The third-order valence-corrected chi connectivity index (χ3v) is 4.60. The molecule has 0 unspecified atom stereocenters. The lowest BCUT2D eigenvalue weighted by molar-refractivity contribution is -0.114. The summed E-state index contributed by atoms with van der Waals surface area (Å²) < 4.78 is 32.8. The van der Waals surface area contributed by atoms with Crippen LogP contribution in [0.25, 0.3) is 0 Å². The molecular formula is C16H17ClN2O4S. The molecule has 0 saturated heterocycles. The molecule has 2 aromatic rings. The summed E-state index contributed by atoms with van der Waals surface area (Å²) in [5.41, 5.74) is 0.678. The van der Waals surface area contributed by atoms with E-state index in [4.69, 9.17) is 16.3 Å². The zero-order chi connectivity index (χ0) is 17.7. The lowest BCUT2D eigenvalue weighted by Crippen LogP contribution is -2.14. The van der Waals surface area contributed by atoms with E-state index in [1.54, 1.807) is 31.2 Å². The molecule has 0 heterocycles. The molecule has 0 radical (unpaired) electrons. The maximum atomic E-state index is 12.5. The standard InChI is InChI=1S/C16H17ClN2O4S/c1-3-23-16-9-8-14(10-15(16)18-11(2)20)24(21,22)19-13-6-4-12(17)5-7-13/h4-10,19H,3H2,1-2H3,(H,18,20). The van der Waals surface area contributed by atoms with Crippen molar-refractivity contribution in [3.63, 3.8) is 0 Å². The Kier molecular flexibility index (Phi) is 5.69. The van der Waals surface area contributed by atoms with Gasteiger partial charge in [-0.1, -0.05) is 11.6 Å². The van der Waals surface area contributed by atoms with E-state index < -0.39 is 10.0 Å². The first-order valence-corrected chi connectivity index (χ1v) is 9.01. The van der Waals surface area contributed by atoms with E-state index in [-0.39, 0.29) is 10.8 Å². The quantitative estimate of drug-likeness (QED) is 0.817. The summed E-state index contributed by atoms with van der Waals surface area (Å²) in [4.78, 5) is 11.3. The smallest absolute Gasteiger partial charge is 0.261 e. The first kappa shape index (κ1) is 18.1. The number of ether oxygens (including phenoxy) is 1. The van der Waals surface area contributed by atoms with Crippen molar-refractivity contribution in [1.82, 2.24) is 0 Å². The molecule has 0 aliphatic heterocycles. The predicted molar refractivity (Wildman–Crippen MR) is 94.2 cm³/mol. The number of carbonyl (C=O) groups excluding carboxylic acids is 1. The highest BCUT2D eigenvalue weighted by Crippen LogP contribution is 2.29. The van der Waals surface area contributed by atoms with Crippen molar-refractivity contribution in [2.75, 3.05) is 16.6 Å². The van der Waals surface area contributed by atoms with Crippen LogP contribution in [0.1, 0.15) is 13.8 Å². The Bertz CT molecular complexity index is 836. The van der Waals surface area contributed by atoms with Gasteiger partial charge >= 0.3 is 0 Å². The van der Waals surface area contributed by atoms with Gasteiger partial charge in [0.05, 0.1) is 17.2 Å². The van der Waals surface area contributed by atoms with Crippen molar-refractivity contribution in [2.45, 2.75) is 18.7 Å². The van der Waals surface area contributed by atoms with Gasteiger partial charge in [0.1, 0.15) is 5.75 Å². The Morgan fingerprint density at radius 2 is 1.83 bits per heavy atom. The number of hydrogen-bond acceptors (Lipinski definition) is 4. The van der Waals surface area contributed by atoms with Crippen LogP contribution in [0.3, 0.4) is 0 Å². The van der Waals surface area contributed by atoms with Crippen LogP contribution in [0, 0.1) is 0 Å². The second-order valence-corrected chi connectivity index (χ2v) is 7.00. The molecule has 2 aromatic carbocycles. The number of amides is 1. The van der Waals surface area contributed by atoms with Gasteiger partial charge in [-0.2, -0.15) is 0 Å². The van der Waals surface area contributed by atoms with Gasteiger partial charge in [-0.15, -0.1) is 0 Å². The number of carbonyl (C=O) groups is 1. The lowest BCUT2D eigenvalue weighted by atomic mass is 10.3. The number of halogens is 1. The molecule has 24 heavy (non-hydrogen) atoms. The van der Waals surface area contributed by atoms with E-state index in [1.807, 2.05) is 0 Å². The van der Waals surface area contributed by atoms with Crippen molar-refractivity contribution in [3.8, 4) is 5.75 Å². The van der Waals surface area contributed by atoms with Crippen molar-refractivity contribution in [1.29, 1.82) is 0 Å². The molecule has 0 spiro atoms. The molecule has 0 fully saturated rings. The van der Waals surface area contributed by atoms with Crippen LogP contribution >= 0.6 is 11.6 Å². The fraction of sp³-hybridized carbons (Fsp3) is 0.188. The van der Waals surface area contributed by atoms with Gasteiger partial charge < -0.3 is 10.1 Å². The van der Waals surface area contributed by atoms with Crippen molar-refractivity contribution in [3.05, 3.63) is 47.5 Å². The van der Waals surface area contributed by atoms with Gasteiger partial charge in [-0.3, -0.25) is 9.52 Å². The van der Waals surface area contributed by atoms with Crippen LogP contribution in [0.4, 0.5) is 11.4 Å². The summed E-state index contributed by atoms with van der Waals surface area (Å²) in [7, 11) is -3.82. The first-order chi connectivity index (χ1) is 11.3. The molecule has 0 aliphatic rings. The van der Waals surface area contributed by atoms with E-state index in [0.717, 1.165) is 0 Å². The Morgan fingerprint density at radius 1 is 1.17 bits per heavy atom. The molecule has 0 saturated carbocycles. The lowest BCUT2D eigenvalue weighted by Gasteiger charge is -2.13. The molecule has 2 N–H and O–H groups in total. The summed E-state index contributed by atoms with van der Waals surface area (Å²) >= 11 is 5.78. The van der Waals surface area contributed by atoms with Gasteiger partial charge in [-0.25, -0.2) is 8.42 Å². The van der Waals surface area contributed by atoms with E-state index in [0.29, 0.717) is 28.8 Å². The monoisotopic (exact) mass is 368 g/mol. The second kappa shape index (κ2) is 7.55. The first-order valence-electron chi connectivity index (χ1n) is 7.14. The van der Waals surface area contributed by atoms with Crippen LogP contribution in [0.2, 0.25) is 5.02 Å². The predicted octanol–water partition coefficient (Wildman–Crippen LogP) is 3.50. The van der Waals surface area contributed by atoms with Crippen LogP contribution in [0.15, 0.2) is 47.4 Å². The average molecular weight is 369 g/mol. The Balaban J connectivity index is 2.35. The normalized spacial score (nSPS) is 11.0. The molecule has 8 heteroatoms. The average Bonchev–Trinajstić information content (AvgIpc) is 2.50. The summed E-state index contributed by atoms with van der Waals surface area (Å²) in [6, 6.07) is 10.6. The van der Waals surface area contributed by atoms with Crippen molar-refractivity contribution >= 4 is 38.9 Å². The van der Waals surface area contributed by atoms with Crippen LogP contribution < -0.4 is 14.8 Å². The number of rotatable bonds is 6. The molecule has 1 amide bonds. The maximum absolute atomic E-state index is 12.5.